The molecule has 0 aromatic heterocycles. The smallest absolute Gasteiger partial charge is 0.241 e. The van der Waals surface area contributed by atoms with Crippen molar-refractivity contribution in [2.75, 3.05) is 7.11 Å². The summed E-state index contributed by atoms with van der Waals surface area (Å²) in [7, 11) is 1.67. The van der Waals surface area contributed by atoms with E-state index in [0.717, 1.165) is 30.6 Å². The molecule has 2 aliphatic rings. The van der Waals surface area contributed by atoms with Crippen molar-refractivity contribution in [3.05, 3.63) is 29.8 Å². The van der Waals surface area contributed by atoms with Crippen LogP contribution in [0.25, 0.3) is 0 Å². The normalized spacial score (nSPS) is 25.7. The van der Waals surface area contributed by atoms with Crippen LogP contribution < -0.4 is 10.1 Å². The summed E-state index contributed by atoms with van der Waals surface area (Å²) in [5, 5.41) is 3.53. The Morgan fingerprint density at radius 2 is 2.14 bits per heavy atom. The van der Waals surface area contributed by atoms with Crippen LogP contribution in [-0.4, -0.2) is 30.0 Å². The molecule has 1 saturated carbocycles. The van der Waals surface area contributed by atoms with Crippen LogP contribution in [0.1, 0.15) is 44.8 Å². The first-order chi connectivity index (χ1) is 10.1. The van der Waals surface area contributed by atoms with Crippen LogP contribution in [0.4, 0.5) is 0 Å². The number of nitrogens with zero attached hydrogens (tertiary/aromatic N) is 1. The third-order valence-corrected chi connectivity index (χ3v) is 4.25. The van der Waals surface area contributed by atoms with Gasteiger partial charge in [-0.3, -0.25) is 10.1 Å². The molecule has 1 aliphatic heterocycles. The van der Waals surface area contributed by atoms with Gasteiger partial charge in [0.05, 0.1) is 13.2 Å². The quantitative estimate of drug-likeness (QED) is 0.906. The zero-order valence-corrected chi connectivity index (χ0v) is 13.0. The summed E-state index contributed by atoms with van der Waals surface area (Å²) in [5.41, 5.74) is 1.11. The van der Waals surface area contributed by atoms with E-state index in [1.54, 1.807) is 7.11 Å². The van der Waals surface area contributed by atoms with E-state index in [-0.39, 0.29) is 18.1 Å². The fraction of sp³-hybridized carbons (Fsp3) is 0.588. The summed E-state index contributed by atoms with van der Waals surface area (Å²) in [6, 6.07) is 8.38. The molecule has 0 spiro atoms. The summed E-state index contributed by atoms with van der Waals surface area (Å²) in [6.07, 6.45) is 3.14. The summed E-state index contributed by atoms with van der Waals surface area (Å²) in [6.45, 7) is 4.32. The van der Waals surface area contributed by atoms with Gasteiger partial charge in [-0.2, -0.15) is 0 Å². The molecule has 2 unspecified atom stereocenters. The molecule has 0 bridgehead atoms. The molecule has 114 valence electrons. The Labute approximate surface area is 126 Å². The van der Waals surface area contributed by atoms with Crippen LogP contribution in [-0.2, 0) is 4.79 Å². The number of amides is 1. The number of benzene rings is 1. The van der Waals surface area contributed by atoms with Crippen LogP contribution in [0.15, 0.2) is 24.3 Å². The van der Waals surface area contributed by atoms with Crippen molar-refractivity contribution in [1.82, 2.24) is 10.2 Å². The van der Waals surface area contributed by atoms with Gasteiger partial charge in [0.1, 0.15) is 11.9 Å². The number of methoxy groups -OCH3 is 1. The number of nitrogens with one attached hydrogen (secondary N) is 1. The minimum Gasteiger partial charge on any atom is -0.497 e. The molecule has 2 fully saturated rings. The molecule has 4 nitrogen and oxygen atoms in total. The maximum Gasteiger partial charge on any atom is 0.241 e. The first-order valence-electron chi connectivity index (χ1n) is 7.82. The van der Waals surface area contributed by atoms with Gasteiger partial charge in [0.15, 0.2) is 0 Å². The number of ether oxygens (including phenoxy) is 1. The Morgan fingerprint density at radius 1 is 1.38 bits per heavy atom. The number of rotatable bonds is 5. The van der Waals surface area contributed by atoms with Crippen LogP contribution >= 0.6 is 0 Å². The zero-order chi connectivity index (χ0) is 15.0. The molecular weight excluding hydrogens is 264 g/mol. The van der Waals surface area contributed by atoms with Crippen LogP contribution in [0.5, 0.6) is 5.75 Å². The van der Waals surface area contributed by atoms with Crippen molar-refractivity contribution < 1.29 is 9.53 Å². The van der Waals surface area contributed by atoms with Gasteiger partial charge >= 0.3 is 0 Å². The topological polar surface area (TPSA) is 41.6 Å². The second kappa shape index (κ2) is 5.68. The van der Waals surface area contributed by atoms with Crippen LogP contribution in [0, 0.1) is 5.92 Å². The predicted octanol–water partition coefficient (Wildman–Crippen LogP) is 2.70. The molecule has 1 saturated heterocycles. The third kappa shape index (κ3) is 2.91. The van der Waals surface area contributed by atoms with Crippen molar-refractivity contribution in [2.45, 2.75) is 51.4 Å². The maximum atomic E-state index is 12.7. The monoisotopic (exact) mass is 288 g/mol. The van der Waals surface area contributed by atoms with Crippen molar-refractivity contribution in [3.63, 3.8) is 0 Å². The molecule has 2 atom stereocenters. The lowest BCUT2D eigenvalue weighted by Crippen LogP contribution is -2.33. The van der Waals surface area contributed by atoms with Gasteiger partial charge in [-0.05, 0) is 42.9 Å². The first-order valence-corrected chi connectivity index (χ1v) is 7.82. The molecule has 21 heavy (non-hydrogen) atoms. The van der Waals surface area contributed by atoms with E-state index in [1.165, 1.54) is 0 Å². The van der Waals surface area contributed by atoms with E-state index in [0.29, 0.717) is 12.0 Å². The molecule has 1 heterocycles. The van der Waals surface area contributed by atoms with Gasteiger partial charge < -0.3 is 9.64 Å². The van der Waals surface area contributed by atoms with Crippen LogP contribution in [0.3, 0.4) is 0 Å². The summed E-state index contributed by atoms with van der Waals surface area (Å²) >= 11 is 0. The third-order valence-electron chi connectivity index (χ3n) is 4.25. The van der Waals surface area contributed by atoms with Gasteiger partial charge in [0.2, 0.25) is 5.91 Å². The predicted molar refractivity (Wildman–Crippen MR) is 82.0 cm³/mol. The Bertz CT molecular complexity index is 525. The highest BCUT2D eigenvalue weighted by atomic mass is 16.5. The van der Waals surface area contributed by atoms with Gasteiger partial charge in [-0.1, -0.05) is 26.0 Å². The molecule has 1 aliphatic carbocycles. The second-order valence-electron chi connectivity index (χ2n) is 6.50. The van der Waals surface area contributed by atoms with E-state index in [4.69, 9.17) is 4.74 Å². The SMILES string of the molecule is COc1cccc(C2NC(CC(C)C)C(=O)N2C2CC2)c1. The molecule has 4 heteroatoms. The Kier molecular flexibility index (Phi) is 3.89. The highest BCUT2D eigenvalue weighted by Crippen LogP contribution is 2.38. The largest absolute Gasteiger partial charge is 0.497 e. The standard InChI is InChI=1S/C17H24N2O2/c1-11(2)9-15-17(20)19(13-7-8-13)16(18-15)12-5-4-6-14(10-12)21-3/h4-6,10-11,13,15-16,18H,7-9H2,1-3H3. The summed E-state index contributed by atoms with van der Waals surface area (Å²) in [4.78, 5) is 14.8. The van der Waals surface area contributed by atoms with E-state index in [1.807, 2.05) is 18.2 Å². The highest BCUT2D eigenvalue weighted by Gasteiger charge is 2.46. The average molecular weight is 288 g/mol. The lowest BCUT2D eigenvalue weighted by Gasteiger charge is -2.24. The van der Waals surface area contributed by atoms with E-state index >= 15 is 0 Å². The van der Waals surface area contributed by atoms with Crippen molar-refractivity contribution in [3.8, 4) is 5.75 Å². The number of hydrogen-bond donors (Lipinski definition) is 1. The number of carbonyl (C=O) groups excluding carboxylic acids is 1. The summed E-state index contributed by atoms with van der Waals surface area (Å²) in [5.74, 6) is 1.61. The molecular formula is C17H24N2O2. The average Bonchev–Trinajstić information content (AvgIpc) is 3.25. The number of carbonyl (C=O) groups is 1. The first kappa shape index (κ1) is 14.4. The molecule has 1 aromatic rings. The van der Waals surface area contributed by atoms with Gasteiger partial charge in [-0.25, -0.2) is 0 Å². The molecule has 3 rings (SSSR count). The van der Waals surface area contributed by atoms with Crippen molar-refractivity contribution in [1.29, 1.82) is 0 Å². The Hall–Kier alpha value is -1.55. The number of hydrogen-bond acceptors (Lipinski definition) is 3. The Balaban J connectivity index is 1.86. The highest BCUT2D eigenvalue weighted by molar-refractivity contribution is 5.85. The maximum absolute atomic E-state index is 12.7. The van der Waals surface area contributed by atoms with Crippen LogP contribution in [0.2, 0.25) is 0 Å². The minimum absolute atomic E-state index is 0.0103. The molecule has 1 amide bonds. The fourth-order valence-electron chi connectivity index (χ4n) is 3.10. The lowest BCUT2D eigenvalue weighted by atomic mass is 10.0. The Morgan fingerprint density at radius 3 is 2.76 bits per heavy atom. The summed E-state index contributed by atoms with van der Waals surface area (Å²) < 4.78 is 5.31. The van der Waals surface area contributed by atoms with Gasteiger partial charge in [0.25, 0.3) is 0 Å². The van der Waals surface area contributed by atoms with E-state index in [2.05, 4.69) is 30.1 Å². The van der Waals surface area contributed by atoms with Gasteiger partial charge in [-0.15, -0.1) is 0 Å². The minimum atomic E-state index is -0.0539. The van der Waals surface area contributed by atoms with Gasteiger partial charge in [0, 0.05) is 6.04 Å². The fourth-order valence-corrected chi connectivity index (χ4v) is 3.10. The molecule has 1 aromatic carbocycles. The van der Waals surface area contributed by atoms with E-state index < -0.39 is 0 Å². The second-order valence-corrected chi connectivity index (χ2v) is 6.50. The van der Waals surface area contributed by atoms with Crippen molar-refractivity contribution in [2.24, 2.45) is 5.92 Å². The molecule has 0 radical (unpaired) electrons. The van der Waals surface area contributed by atoms with Crippen molar-refractivity contribution >= 4 is 5.91 Å². The molecule has 1 N–H and O–H groups in total. The zero-order valence-electron chi connectivity index (χ0n) is 13.0. The lowest BCUT2D eigenvalue weighted by molar-refractivity contribution is -0.130. The van der Waals surface area contributed by atoms with E-state index in [9.17, 15) is 4.79 Å².